The summed E-state index contributed by atoms with van der Waals surface area (Å²) in [7, 11) is 0. The lowest BCUT2D eigenvalue weighted by Gasteiger charge is -2.13. The van der Waals surface area contributed by atoms with Gasteiger partial charge in [-0.2, -0.15) is 0 Å². The van der Waals surface area contributed by atoms with Crippen molar-refractivity contribution >= 4 is 38.9 Å². The van der Waals surface area contributed by atoms with Crippen LogP contribution in [-0.2, 0) is 6.54 Å². The predicted molar refractivity (Wildman–Crippen MR) is 86.7 cm³/mol. The second-order valence-electron chi connectivity index (χ2n) is 4.26. The van der Waals surface area contributed by atoms with Gasteiger partial charge >= 0.3 is 0 Å². The largest absolute Gasteiger partial charge is 0.491 e. The van der Waals surface area contributed by atoms with Crippen LogP contribution in [0.2, 0.25) is 5.02 Å². The molecule has 6 heteroatoms. The summed E-state index contributed by atoms with van der Waals surface area (Å²) >= 11 is 10.9. The van der Waals surface area contributed by atoms with E-state index in [1.54, 1.807) is 35.6 Å². The van der Waals surface area contributed by atoms with Crippen molar-refractivity contribution in [3.05, 3.63) is 50.1 Å². The van der Waals surface area contributed by atoms with Gasteiger partial charge in [-0.1, -0.05) is 11.6 Å². The molecule has 1 aromatic carbocycles. The van der Waals surface area contributed by atoms with Crippen molar-refractivity contribution in [2.75, 3.05) is 13.2 Å². The minimum atomic E-state index is -0.547. The molecule has 0 saturated heterocycles. The average Bonchev–Trinajstić information content (AvgIpc) is 2.84. The van der Waals surface area contributed by atoms with Crippen molar-refractivity contribution in [3.8, 4) is 5.75 Å². The Hall–Kier alpha value is -0.590. The van der Waals surface area contributed by atoms with Crippen molar-refractivity contribution in [3.63, 3.8) is 0 Å². The third kappa shape index (κ3) is 5.42. The first kappa shape index (κ1) is 15.8. The molecule has 0 fully saturated rings. The Labute approximate surface area is 135 Å². The zero-order chi connectivity index (χ0) is 14.4. The first-order valence-corrected chi connectivity index (χ1v) is 8.13. The van der Waals surface area contributed by atoms with Gasteiger partial charge in [-0.05, 0) is 52.3 Å². The Morgan fingerprint density at radius 1 is 1.25 bits per heavy atom. The van der Waals surface area contributed by atoms with Crippen molar-refractivity contribution in [1.82, 2.24) is 5.32 Å². The number of aliphatic hydroxyl groups is 1. The Bertz CT molecular complexity index is 532. The summed E-state index contributed by atoms with van der Waals surface area (Å²) in [5.74, 6) is 0.704. The number of hydrogen-bond donors (Lipinski definition) is 2. The molecule has 2 N–H and O–H groups in total. The quantitative estimate of drug-likeness (QED) is 0.774. The molecule has 3 nitrogen and oxygen atoms in total. The molecule has 0 bridgehead atoms. The second-order valence-corrected chi connectivity index (χ2v) is 7.24. The lowest BCUT2D eigenvalue weighted by atomic mass is 10.3. The highest BCUT2D eigenvalue weighted by molar-refractivity contribution is 9.11. The molecule has 0 amide bonds. The van der Waals surface area contributed by atoms with Crippen LogP contribution < -0.4 is 10.1 Å². The second kappa shape index (κ2) is 8.00. The maximum atomic E-state index is 9.83. The lowest BCUT2D eigenvalue weighted by molar-refractivity contribution is 0.106. The Morgan fingerprint density at radius 3 is 2.65 bits per heavy atom. The minimum absolute atomic E-state index is 0.253. The maximum absolute atomic E-state index is 9.83. The van der Waals surface area contributed by atoms with Gasteiger partial charge in [-0.25, -0.2) is 0 Å². The van der Waals surface area contributed by atoms with Gasteiger partial charge in [0.25, 0.3) is 0 Å². The van der Waals surface area contributed by atoms with Gasteiger partial charge in [0, 0.05) is 23.0 Å². The molecular weight excluding hydrogens is 362 g/mol. The fourth-order valence-corrected chi connectivity index (χ4v) is 3.17. The van der Waals surface area contributed by atoms with Crippen molar-refractivity contribution in [2.45, 2.75) is 12.6 Å². The van der Waals surface area contributed by atoms with E-state index in [1.165, 1.54) is 4.88 Å². The van der Waals surface area contributed by atoms with E-state index in [1.807, 2.05) is 6.07 Å². The van der Waals surface area contributed by atoms with E-state index in [-0.39, 0.29) is 6.61 Å². The number of thiophene rings is 1. The van der Waals surface area contributed by atoms with E-state index in [2.05, 4.69) is 27.3 Å². The maximum Gasteiger partial charge on any atom is 0.119 e. The number of aliphatic hydroxyl groups excluding tert-OH is 1. The van der Waals surface area contributed by atoms with E-state index in [4.69, 9.17) is 16.3 Å². The number of ether oxygens (including phenoxy) is 1. The van der Waals surface area contributed by atoms with Crippen molar-refractivity contribution in [2.24, 2.45) is 0 Å². The fourth-order valence-electron chi connectivity index (χ4n) is 1.59. The molecule has 2 rings (SSSR count). The number of halogens is 2. The van der Waals surface area contributed by atoms with E-state index in [9.17, 15) is 5.11 Å². The molecule has 108 valence electrons. The van der Waals surface area contributed by atoms with Crippen LogP contribution >= 0.6 is 38.9 Å². The molecule has 0 aliphatic carbocycles. The monoisotopic (exact) mass is 375 g/mol. The summed E-state index contributed by atoms with van der Waals surface area (Å²) in [6, 6.07) is 11.2. The van der Waals surface area contributed by atoms with Crippen LogP contribution in [0.5, 0.6) is 5.75 Å². The molecule has 1 atom stereocenters. The zero-order valence-electron chi connectivity index (χ0n) is 10.7. The average molecular weight is 377 g/mol. The van der Waals surface area contributed by atoms with Crippen LogP contribution in [0.15, 0.2) is 40.2 Å². The highest BCUT2D eigenvalue weighted by Crippen LogP contribution is 2.21. The van der Waals surface area contributed by atoms with E-state index in [0.29, 0.717) is 17.3 Å². The molecule has 0 radical (unpaired) electrons. The Kier molecular flexibility index (Phi) is 6.32. The normalized spacial score (nSPS) is 12.3. The third-order valence-electron chi connectivity index (χ3n) is 2.56. The first-order valence-electron chi connectivity index (χ1n) is 6.15. The standard InChI is InChI=1S/C14H15BrClNO2S/c15-14-6-5-13(20-14)8-17-7-11(18)9-19-12-3-1-10(16)2-4-12/h1-6,11,17-18H,7-9H2. The van der Waals surface area contributed by atoms with E-state index < -0.39 is 6.10 Å². The van der Waals surface area contributed by atoms with Gasteiger partial charge in [0.1, 0.15) is 18.5 Å². The summed E-state index contributed by atoms with van der Waals surface area (Å²) in [6.45, 7) is 1.49. The van der Waals surface area contributed by atoms with Crippen LogP contribution in [-0.4, -0.2) is 24.4 Å². The summed E-state index contributed by atoms with van der Waals surface area (Å²) in [5, 5.41) is 13.7. The van der Waals surface area contributed by atoms with Crippen LogP contribution in [0.4, 0.5) is 0 Å². The van der Waals surface area contributed by atoms with E-state index in [0.717, 1.165) is 10.3 Å². The molecule has 1 unspecified atom stereocenters. The number of nitrogens with one attached hydrogen (secondary N) is 1. The van der Waals surface area contributed by atoms with Crippen LogP contribution in [0, 0.1) is 0 Å². The van der Waals surface area contributed by atoms with Gasteiger partial charge < -0.3 is 15.2 Å². The van der Waals surface area contributed by atoms with Crippen molar-refractivity contribution < 1.29 is 9.84 Å². The van der Waals surface area contributed by atoms with Gasteiger partial charge in [0.15, 0.2) is 0 Å². The highest BCUT2D eigenvalue weighted by Gasteiger charge is 2.05. The van der Waals surface area contributed by atoms with Crippen LogP contribution in [0.1, 0.15) is 4.88 Å². The van der Waals surface area contributed by atoms with E-state index >= 15 is 0 Å². The molecule has 1 aromatic heterocycles. The highest BCUT2D eigenvalue weighted by atomic mass is 79.9. The molecule has 0 spiro atoms. The SMILES string of the molecule is OC(CNCc1ccc(Br)s1)COc1ccc(Cl)cc1. The first-order chi connectivity index (χ1) is 9.63. The van der Waals surface area contributed by atoms with Crippen molar-refractivity contribution in [1.29, 1.82) is 0 Å². The smallest absolute Gasteiger partial charge is 0.119 e. The number of hydrogen-bond acceptors (Lipinski definition) is 4. The minimum Gasteiger partial charge on any atom is -0.491 e. The molecule has 2 aromatic rings. The molecule has 0 saturated carbocycles. The molecule has 0 aliphatic heterocycles. The van der Waals surface area contributed by atoms with Crippen LogP contribution in [0.3, 0.4) is 0 Å². The van der Waals surface area contributed by atoms with Gasteiger partial charge in [-0.15, -0.1) is 11.3 Å². The topological polar surface area (TPSA) is 41.5 Å². The molecule has 0 aliphatic rings. The third-order valence-corrected chi connectivity index (χ3v) is 4.44. The van der Waals surface area contributed by atoms with Gasteiger partial charge in [0.05, 0.1) is 3.79 Å². The predicted octanol–water partition coefficient (Wildman–Crippen LogP) is 3.69. The molecule has 1 heterocycles. The van der Waals surface area contributed by atoms with Gasteiger partial charge in [0.2, 0.25) is 0 Å². The summed E-state index contributed by atoms with van der Waals surface area (Å²) in [5.41, 5.74) is 0. The number of benzene rings is 1. The molecule has 20 heavy (non-hydrogen) atoms. The Balaban J connectivity index is 1.65. The van der Waals surface area contributed by atoms with Crippen LogP contribution in [0.25, 0.3) is 0 Å². The number of rotatable bonds is 7. The van der Waals surface area contributed by atoms with Gasteiger partial charge in [-0.3, -0.25) is 0 Å². The summed E-state index contributed by atoms with van der Waals surface area (Å²) in [6.07, 6.45) is -0.547. The lowest BCUT2D eigenvalue weighted by Crippen LogP contribution is -2.30. The summed E-state index contributed by atoms with van der Waals surface area (Å²) in [4.78, 5) is 1.22. The fraction of sp³-hybridized carbons (Fsp3) is 0.286. The Morgan fingerprint density at radius 2 is 2.00 bits per heavy atom. The summed E-state index contributed by atoms with van der Waals surface area (Å²) < 4.78 is 6.59. The molecular formula is C14H15BrClNO2S. The zero-order valence-corrected chi connectivity index (χ0v) is 13.8.